The van der Waals surface area contributed by atoms with Gasteiger partial charge in [-0.25, -0.2) is 0 Å². The van der Waals surface area contributed by atoms with Gasteiger partial charge < -0.3 is 25.1 Å². The minimum Gasteiger partial charge on any atom is -0.379 e. The lowest BCUT2D eigenvalue weighted by molar-refractivity contribution is -0.134. The number of amides is 2. The number of carbonyl (C=O) groups is 3. The molecule has 0 bridgehead atoms. The third-order valence-corrected chi connectivity index (χ3v) is 3.48. The molecule has 1 unspecified atom stereocenters. The second kappa shape index (κ2) is 14.5. The van der Waals surface area contributed by atoms with Crippen LogP contribution < -0.4 is 5.32 Å². The van der Waals surface area contributed by atoms with Gasteiger partial charge in [0, 0.05) is 38.9 Å². The van der Waals surface area contributed by atoms with Crippen molar-refractivity contribution in [2.75, 3.05) is 46.6 Å². The molecule has 0 aliphatic rings. The van der Waals surface area contributed by atoms with E-state index in [1.165, 1.54) is 18.0 Å². The highest BCUT2D eigenvalue weighted by atomic mass is 16.5. The van der Waals surface area contributed by atoms with E-state index in [4.69, 9.17) is 14.9 Å². The van der Waals surface area contributed by atoms with E-state index in [2.05, 4.69) is 5.32 Å². The minimum atomic E-state index is -0.239. The van der Waals surface area contributed by atoms with Crippen molar-refractivity contribution in [3.63, 3.8) is 0 Å². The zero-order valence-corrected chi connectivity index (χ0v) is 15.5. The van der Waals surface area contributed by atoms with E-state index in [1.807, 2.05) is 0 Å². The summed E-state index contributed by atoms with van der Waals surface area (Å²) in [5.41, 5.74) is 0. The van der Waals surface area contributed by atoms with Crippen molar-refractivity contribution in [3.8, 4) is 0 Å². The van der Waals surface area contributed by atoms with Crippen LogP contribution in [0.5, 0.6) is 0 Å². The van der Waals surface area contributed by atoms with E-state index in [0.717, 1.165) is 0 Å². The lowest BCUT2D eigenvalue weighted by atomic mass is 10.1. The quantitative estimate of drug-likeness (QED) is 0.330. The first-order valence-electron chi connectivity index (χ1n) is 8.54. The number of ether oxygens (including phenoxy) is 2. The Hall–Kier alpha value is -1.80. The molecule has 0 fully saturated rings. The van der Waals surface area contributed by atoms with Crippen LogP contribution in [0.25, 0.3) is 0 Å². The highest BCUT2D eigenvalue weighted by Crippen LogP contribution is 2.04. The number of carbonyl (C=O) groups excluding carboxylic acids is 3. The maximum atomic E-state index is 11.9. The van der Waals surface area contributed by atoms with Gasteiger partial charge >= 0.3 is 0 Å². The molecular weight excluding hydrogens is 326 g/mol. The number of hydrogen-bond donors (Lipinski definition) is 2. The van der Waals surface area contributed by atoms with E-state index < -0.39 is 0 Å². The molecule has 0 saturated carbocycles. The second-order valence-corrected chi connectivity index (χ2v) is 5.88. The van der Waals surface area contributed by atoms with Gasteiger partial charge in [-0.2, -0.15) is 0 Å². The standard InChI is InChI=1S/C17H31N3O5/c1-14(4-7-18)17(23)20(3)9-5-16(22)19-8-11-25-13-12-24-10-6-15(2)21/h7,14,18H,4-6,8-13H2,1-3H3,(H,19,22). The molecule has 0 aromatic heterocycles. The van der Waals surface area contributed by atoms with Gasteiger partial charge in [-0.05, 0) is 19.6 Å². The third-order valence-electron chi connectivity index (χ3n) is 3.48. The Labute approximate surface area is 149 Å². The molecule has 0 aromatic rings. The van der Waals surface area contributed by atoms with E-state index in [9.17, 15) is 14.4 Å². The molecule has 8 heteroatoms. The zero-order chi connectivity index (χ0) is 19.1. The van der Waals surface area contributed by atoms with Crippen LogP contribution in [0.15, 0.2) is 0 Å². The minimum absolute atomic E-state index is 0.0654. The first kappa shape index (κ1) is 23.2. The maximum Gasteiger partial charge on any atom is 0.225 e. The predicted molar refractivity (Wildman–Crippen MR) is 94.8 cm³/mol. The SMILES string of the molecule is CC(=O)CCOCCOCCNC(=O)CCN(C)C(=O)C(C)CC=N. The Morgan fingerprint density at radius 3 is 2.36 bits per heavy atom. The molecule has 2 N–H and O–H groups in total. The van der Waals surface area contributed by atoms with Gasteiger partial charge in [0.2, 0.25) is 11.8 Å². The van der Waals surface area contributed by atoms with Gasteiger partial charge in [-0.1, -0.05) is 6.92 Å². The fourth-order valence-corrected chi connectivity index (χ4v) is 1.92. The predicted octanol–water partition coefficient (Wildman–Crippen LogP) is 0.639. The summed E-state index contributed by atoms with van der Waals surface area (Å²) in [6.45, 7) is 5.65. The summed E-state index contributed by atoms with van der Waals surface area (Å²) in [6, 6.07) is 0. The van der Waals surface area contributed by atoms with Crippen LogP contribution in [-0.4, -0.2) is 75.3 Å². The van der Waals surface area contributed by atoms with Crippen molar-refractivity contribution in [2.45, 2.75) is 33.1 Å². The van der Waals surface area contributed by atoms with Crippen molar-refractivity contribution < 1.29 is 23.9 Å². The normalized spacial score (nSPS) is 11.6. The molecule has 0 aliphatic carbocycles. The molecule has 0 spiro atoms. The molecule has 144 valence electrons. The highest BCUT2D eigenvalue weighted by molar-refractivity contribution is 5.82. The average molecular weight is 357 g/mol. The monoisotopic (exact) mass is 357 g/mol. The van der Waals surface area contributed by atoms with Crippen LogP contribution in [0.3, 0.4) is 0 Å². The summed E-state index contributed by atoms with van der Waals surface area (Å²) in [5.74, 6) is -0.346. The molecule has 0 heterocycles. The Bertz CT molecular complexity index is 429. The Morgan fingerprint density at radius 1 is 1.12 bits per heavy atom. The average Bonchev–Trinajstić information content (AvgIpc) is 2.57. The summed E-state index contributed by atoms with van der Waals surface area (Å²) in [6.07, 6.45) is 2.27. The Kier molecular flexibility index (Phi) is 13.5. The van der Waals surface area contributed by atoms with Crippen molar-refractivity contribution in [3.05, 3.63) is 0 Å². The fraction of sp³-hybridized carbons (Fsp3) is 0.765. The molecular formula is C17H31N3O5. The molecule has 0 saturated heterocycles. The summed E-state index contributed by atoms with van der Waals surface area (Å²) in [5, 5.41) is 9.74. The lowest BCUT2D eigenvalue weighted by Gasteiger charge is -2.20. The molecule has 2 amide bonds. The number of Topliss-reactive ketones (excluding diaryl/α,β-unsaturated/α-hetero) is 1. The van der Waals surface area contributed by atoms with Crippen LogP contribution in [0.1, 0.15) is 33.1 Å². The largest absolute Gasteiger partial charge is 0.379 e. The molecule has 8 nitrogen and oxygen atoms in total. The van der Waals surface area contributed by atoms with Gasteiger partial charge in [-0.3, -0.25) is 14.4 Å². The zero-order valence-electron chi connectivity index (χ0n) is 15.5. The molecule has 0 radical (unpaired) electrons. The maximum absolute atomic E-state index is 11.9. The number of ketones is 1. The molecule has 1 atom stereocenters. The summed E-state index contributed by atoms with van der Waals surface area (Å²) in [4.78, 5) is 35.8. The topological polar surface area (TPSA) is 109 Å². The van der Waals surface area contributed by atoms with Gasteiger partial charge in [0.1, 0.15) is 5.78 Å². The van der Waals surface area contributed by atoms with Gasteiger partial charge in [0.15, 0.2) is 0 Å². The van der Waals surface area contributed by atoms with E-state index in [0.29, 0.717) is 52.4 Å². The van der Waals surface area contributed by atoms with Gasteiger partial charge in [0.05, 0.1) is 26.4 Å². The number of nitrogens with one attached hydrogen (secondary N) is 2. The van der Waals surface area contributed by atoms with Gasteiger partial charge in [0.25, 0.3) is 0 Å². The van der Waals surface area contributed by atoms with Crippen LogP contribution in [0.2, 0.25) is 0 Å². The fourth-order valence-electron chi connectivity index (χ4n) is 1.92. The molecule has 25 heavy (non-hydrogen) atoms. The number of rotatable bonds is 15. The smallest absolute Gasteiger partial charge is 0.225 e. The van der Waals surface area contributed by atoms with Crippen LogP contribution >= 0.6 is 0 Å². The van der Waals surface area contributed by atoms with Crippen molar-refractivity contribution >= 4 is 23.8 Å². The van der Waals surface area contributed by atoms with Crippen molar-refractivity contribution in [1.29, 1.82) is 5.41 Å². The van der Waals surface area contributed by atoms with Crippen LogP contribution in [0.4, 0.5) is 0 Å². The molecule has 0 aromatic carbocycles. The highest BCUT2D eigenvalue weighted by Gasteiger charge is 2.16. The lowest BCUT2D eigenvalue weighted by Crippen LogP contribution is -2.36. The van der Waals surface area contributed by atoms with Crippen molar-refractivity contribution in [1.82, 2.24) is 10.2 Å². The van der Waals surface area contributed by atoms with Crippen LogP contribution in [0, 0.1) is 11.3 Å². The van der Waals surface area contributed by atoms with E-state index >= 15 is 0 Å². The Balaban J connectivity index is 3.59. The van der Waals surface area contributed by atoms with E-state index in [-0.39, 0.29) is 29.9 Å². The third kappa shape index (κ3) is 13.2. The molecule has 0 rings (SSSR count). The number of nitrogens with zero attached hydrogens (tertiary/aromatic N) is 1. The van der Waals surface area contributed by atoms with E-state index in [1.54, 1.807) is 14.0 Å². The number of hydrogen-bond acceptors (Lipinski definition) is 6. The first-order valence-corrected chi connectivity index (χ1v) is 8.54. The second-order valence-electron chi connectivity index (χ2n) is 5.88. The van der Waals surface area contributed by atoms with Crippen LogP contribution in [-0.2, 0) is 23.9 Å². The summed E-state index contributed by atoms with van der Waals surface area (Å²) >= 11 is 0. The molecule has 0 aliphatic heterocycles. The first-order chi connectivity index (χ1) is 11.9. The summed E-state index contributed by atoms with van der Waals surface area (Å²) < 4.78 is 10.5. The van der Waals surface area contributed by atoms with Gasteiger partial charge in [-0.15, -0.1) is 0 Å². The summed E-state index contributed by atoms with van der Waals surface area (Å²) in [7, 11) is 1.66. The van der Waals surface area contributed by atoms with Crippen molar-refractivity contribution in [2.24, 2.45) is 5.92 Å². The Morgan fingerprint density at radius 2 is 1.76 bits per heavy atom.